The molecule has 3 unspecified atom stereocenters. The van der Waals surface area contributed by atoms with E-state index in [1.165, 1.54) is 12.8 Å². The van der Waals surface area contributed by atoms with Crippen molar-refractivity contribution in [2.24, 2.45) is 5.92 Å². The molecular weight excluding hydrogens is 266 g/mol. The second-order valence-corrected chi connectivity index (χ2v) is 5.96. The zero-order valence-corrected chi connectivity index (χ0v) is 13.8. The van der Waals surface area contributed by atoms with E-state index in [4.69, 9.17) is 9.26 Å². The van der Waals surface area contributed by atoms with Crippen LogP contribution in [0.15, 0.2) is 4.52 Å². The molecule has 1 fully saturated rings. The van der Waals surface area contributed by atoms with Crippen molar-refractivity contribution in [3.05, 3.63) is 11.7 Å². The minimum absolute atomic E-state index is 0.0175. The Morgan fingerprint density at radius 1 is 1.33 bits per heavy atom. The lowest BCUT2D eigenvalue weighted by Crippen LogP contribution is -2.32. The molecule has 5 nitrogen and oxygen atoms in total. The third kappa shape index (κ3) is 4.27. The lowest BCUT2D eigenvalue weighted by atomic mass is 9.98. The summed E-state index contributed by atoms with van der Waals surface area (Å²) in [6, 6.07) is 0.342. The molecule has 120 valence electrons. The first-order chi connectivity index (χ1) is 10.2. The number of rotatable bonds is 10. The van der Waals surface area contributed by atoms with Crippen LogP contribution in [-0.4, -0.2) is 29.3 Å². The number of ether oxygens (including phenoxy) is 1. The molecule has 5 heteroatoms. The van der Waals surface area contributed by atoms with E-state index < -0.39 is 0 Å². The standard InChI is InChI=1S/C16H29N3O2/c1-5-10-17-11(4)13(6-2)16-18-15(19-21-16)14(20-7-3)12-8-9-12/h11-14,17H,5-10H2,1-4H3. The first-order valence-corrected chi connectivity index (χ1v) is 8.39. The maximum Gasteiger partial charge on any atom is 0.231 e. The van der Waals surface area contributed by atoms with Gasteiger partial charge in [-0.15, -0.1) is 0 Å². The zero-order valence-electron chi connectivity index (χ0n) is 13.8. The fourth-order valence-corrected chi connectivity index (χ4v) is 2.77. The predicted octanol–water partition coefficient (Wildman–Crippen LogP) is 3.44. The van der Waals surface area contributed by atoms with Crippen LogP contribution in [0.4, 0.5) is 0 Å². The summed E-state index contributed by atoms with van der Waals surface area (Å²) < 4.78 is 11.3. The highest BCUT2D eigenvalue weighted by Gasteiger charge is 2.36. The highest BCUT2D eigenvalue weighted by Crippen LogP contribution is 2.42. The van der Waals surface area contributed by atoms with E-state index in [2.05, 4.69) is 36.2 Å². The van der Waals surface area contributed by atoms with E-state index in [0.29, 0.717) is 18.6 Å². The summed E-state index contributed by atoms with van der Waals surface area (Å²) >= 11 is 0. The van der Waals surface area contributed by atoms with Crippen molar-refractivity contribution in [1.29, 1.82) is 0 Å². The summed E-state index contributed by atoms with van der Waals surface area (Å²) in [6.45, 7) is 10.3. The van der Waals surface area contributed by atoms with Crippen molar-refractivity contribution in [3.8, 4) is 0 Å². The minimum Gasteiger partial charge on any atom is -0.370 e. The fourth-order valence-electron chi connectivity index (χ4n) is 2.77. The van der Waals surface area contributed by atoms with Crippen LogP contribution in [0.2, 0.25) is 0 Å². The number of nitrogens with one attached hydrogen (secondary N) is 1. The summed E-state index contributed by atoms with van der Waals surface area (Å²) in [5.41, 5.74) is 0. The van der Waals surface area contributed by atoms with Gasteiger partial charge < -0.3 is 14.6 Å². The number of hydrogen-bond donors (Lipinski definition) is 1. The maximum atomic E-state index is 5.80. The molecule has 21 heavy (non-hydrogen) atoms. The maximum absolute atomic E-state index is 5.80. The average molecular weight is 295 g/mol. The van der Waals surface area contributed by atoms with Crippen LogP contribution in [0.5, 0.6) is 0 Å². The average Bonchev–Trinajstić information content (AvgIpc) is 3.22. The largest absolute Gasteiger partial charge is 0.370 e. The summed E-state index contributed by atoms with van der Waals surface area (Å²) in [5.74, 6) is 2.31. The van der Waals surface area contributed by atoms with Gasteiger partial charge in [-0.1, -0.05) is 19.0 Å². The Balaban J connectivity index is 2.05. The highest BCUT2D eigenvalue weighted by atomic mass is 16.5. The van der Waals surface area contributed by atoms with E-state index in [-0.39, 0.29) is 12.0 Å². The van der Waals surface area contributed by atoms with Crippen LogP contribution in [0, 0.1) is 5.92 Å². The highest BCUT2D eigenvalue weighted by molar-refractivity contribution is 5.03. The normalized spacial score (nSPS) is 19.4. The van der Waals surface area contributed by atoms with Crippen LogP contribution >= 0.6 is 0 Å². The molecule has 0 aliphatic heterocycles. The van der Waals surface area contributed by atoms with E-state index in [0.717, 1.165) is 31.1 Å². The fraction of sp³-hybridized carbons (Fsp3) is 0.875. The van der Waals surface area contributed by atoms with Gasteiger partial charge in [0.05, 0.1) is 5.92 Å². The van der Waals surface area contributed by atoms with E-state index in [1.807, 2.05) is 6.92 Å². The van der Waals surface area contributed by atoms with Crippen LogP contribution in [0.3, 0.4) is 0 Å². The van der Waals surface area contributed by atoms with Crippen molar-refractivity contribution < 1.29 is 9.26 Å². The second kappa shape index (κ2) is 7.90. The predicted molar refractivity (Wildman–Crippen MR) is 82.2 cm³/mol. The topological polar surface area (TPSA) is 60.2 Å². The molecular formula is C16H29N3O2. The number of hydrogen-bond acceptors (Lipinski definition) is 5. The molecule has 3 atom stereocenters. The first kappa shape index (κ1) is 16.4. The molecule has 0 radical (unpaired) electrons. The van der Waals surface area contributed by atoms with Gasteiger partial charge >= 0.3 is 0 Å². The molecule has 1 heterocycles. The van der Waals surface area contributed by atoms with E-state index >= 15 is 0 Å². The molecule has 1 aromatic rings. The summed E-state index contributed by atoms with van der Waals surface area (Å²) in [6.07, 6.45) is 4.55. The van der Waals surface area contributed by atoms with Gasteiger partial charge in [-0.3, -0.25) is 0 Å². The molecule has 2 rings (SSSR count). The summed E-state index contributed by atoms with van der Waals surface area (Å²) in [4.78, 5) is 4.65. The molecule has 1 aliphatic carbocycles. The Morgan fingerprint density at radius 3 is 2.67 bits per heavy atom. The Labute approximate surface area is 127 Å². The van der Waals surface area contributed by atoms with Gasteiger partial charge in [-0.05, 0) is 52.0 Å². The monoisotopic (exact) mass is 295 g/mol. The van der Waals surface area contributed by atoms with Crippen LogP contribution in [0.1, 0.15) is 77.1 Å². The van der Waals surface area contributed by atoms with Crippen LogP contribution in [-0.2, 0) is 4.74 Å². The van der Waals surface area contributed by atoms with Gasteiger partial charge in [-0.2, -0.15) is 4.98 Å². The molecule has 0 amide bonds. The molecule has 0 aromatic carbocycles. The van der Waals surface area contributed by atoms with Crippen molar-refractivity contribution in [1.82, 2.24) is 15.5 Å². The molecule has 0 spiro atoms. The third-order valence-corrected chi connectivity index (χ3v) is 4.19. The van der Waals surface area contributed by atoms with Crippen molar-refractivity contribution in [3.63, 3.8) is 0 Å². The van der Waals surface area contributed by atoms with E-state index in [9.17, 15) is 0 Å². The van der Waals surface area contributed by atoms with Gasteiger partial charge in [0.1, 0.15) is 6.10 Å². The molecule has 1 saturated carbocycles. The quantitative estimate of drug-likeness (QED) is 0.716. The summed E-state index contributed by atoms with van der Waals surface area (Å²) in [7, 11) is 0. The second-order valence-electron chi connectivity index (χ2n) is 5.96. The Hall–Kier alpha value is -0.940. The van der Waals surface area contributed by atoms with Crippen molar-refractivity contribution >= 4 is 0 Å². The van der Waals surface area contributed by atoms with Gasteiger partial charge in [0.25, 0.3) is 0 Å². The molecule has 0 saturated heterocycles. The van der Waals surface area contributed by atoms with Crippen molar-refractivity contribution in [2.75, 3.05) is 13.2 Å². The number of aromatic nitrogens is 2. The van der Waals surface area contributed by atoms with Gasteiger partial charge in [0, 0.05) is 12.6 Å². The lowest BCUT2D eigenvalue weighted by Gasteiger charge is -2.20. The Bertz CT molecular complexity index is 417. The Morgan fingerprint density at radius 2 is 2.10 bits per heavy atom. The Kier molecular flexibility index (Phi) is 6.18. The SMILES string of the molecule is CCCNC(C)C(CC)c1nc(C(OCC)C2CC2)no1. The van der Waals surface area contributed by atoms with Crippen LogP contribution < -0.4 is 5.32 Å². The zero-order chi connectivity index (χ0) is 15.2. The molecule has 1 aromatic heterocycles. The van der Waals surface area contributed by atoms with Crippen LogP contribution in [0.25, 0.3) is 0 Å². The first-order valence-electron chi connectivity index (χ1n) is 8.39. The summed E-state index contributed by atoms with van der Waals surface area (Å²) in [5, 5.41) is 7.71. The van der Waals surface area contributed by atoms with Crippen molar-refractivity contribution in [2.45, 2.75) is 71.4 Å². The molecule has 1 N–H and O–H groups in total. The lowest BCUT2D eigenvalue weighted by molar-refractivity contribution is 0.0384. The third-order valence-electron chi connectivity index (χ3n) is 4.19. The minimum atomic E-state index is 0.0175. The van der Waals surface area contributed by atoms with Gasteiger partial charge in [0.2, 0.25) is 11.7 Å². The van der Waals surface area contributed by atoms with E-state index in [1.54, 1.807) is 0 Å². The molecule has 0 bridgehead atoms. The molecule has 1 aliphatic rings. The smallest absolute Gasteiger partial charge is 0.231 e. The van der Waals surface area contributed by atoms with Gasteiger partial charge in [-0.25, -0.2) is 0 Å². The van der Waals surface area contributed by atoms with Gasteiger partial charge in [0.15, 0.2) is 0 Å². The number of nitrogens with zero attached hydrogens (tertiary/aromatic N) is 2.